The third-order valence-corrected chi connectivity index (χ3v) is 6.42. The zero-order valence-electron chi connectivity index (χ0n) is 19.1. The smallest absolute Gasteiger partial charge is 0.429 e. The molecule has 0 spiro atoms. The standard InChI is InChI=1S/C26H22F3N3O3S/c1-15-13-36-14-20(15)18-4-2-3-5-19(18)24(26(27,28)29)35-23-12-31-11-22(32-23)17-8-6-16(7-9-17)10-21(30)25(33)34/h2-9,11-14,21,24H,10,30H2,1H3,(H,33,34)/t21-,24?/m0/s1. The van der Waals surface area contributed by atoms with E-state index in [-0.39, 0.29) is 17.9 Å². The summed E-state index contributed by atoms with van der Waals surface area (Å²) in [6.45, 7) is 1.85. The number of carbonyl (C=O) groups is 1. The largest absolute Gasteiger partial charge is 0.480 e. The Bertz CT molecular complexity index is 1360. The number of ether oxygens (including phenoxy) is 1. The number of thiophene rings is 1. The predicted molar refractivity (Wildman–Crippen MR) is 131 cm³/mol. The Labute approximate surface area is 209 Å². The minimum Gasteiger partial charge on any atom is -0.480 e. The summed E-state index contributed by atoms with van der Waals surface area (Å²) in [5, 5.41) is 12.7. The van der Waals surface area contributed by atoms with E-state index in [9.17, 15) is 18.0 Å². The molecule has 1 unspecified atom stereocenters. The van der Waals surface area contributed by atoms with Gasteiger partial charge in [0.15, 0.2) is 0 Å². The number of carboxylic acids is 1. The molecule has 2 aromatic carbocycles. The van der Waals surface area contributed by atoms with E-state index in [1.54, 1.807) is 42.5 Å². The summed E-state index contributed by atoms with van der Waals surface area (Å²) in [5.41, 5.74) is 9.18. The average Bonchev–Trinajstić information content (AvgIpc) is 3.28. The van der Waals surface area contributed by atoms with Gasteiger partial charge in [-0.05, 0) is 46.4 Å². The van der Waals surface area contributed by atoms with E-state index in [2.05, 4.69) is 9.97 Å². The number of aryl methyl sites for hydroxylation is 1. The molecule has 4 aromatic rings. The van der Waals surface area contributed by atoms with Gasteiger partial charge >= 0.3 is 12.1 Å². The van der Waals surface area contributed by atoms with Crippen LogP contribution in [-0.4, -0.2) is 33.3 Å². The summed E-state index contributed by atoms with van der Waals surface area (Å²) in [6, 6.07) is 12.0. The Morgan fingerprint density at radius 3 is 2.44 bits per heavy atom. The molecule has 10 heteroatoms. The van der Waals surface area contributed by atoms with Crippen molar-refractivity contribution in [2.45, 2.75) is 31.7 Å². The summed E-state index contributed by atoms with van der Waals surface area (Å²) in [7, 11) is 0. The normalized spacial score (nSPS) is 13.2. The van der Waals surface area contributed by atoms with Crippen molar-refractivity contribution in [2.75, 3.05) is 0 Å². The molecule has 0 radical (unpaired) electrons. The van der Waals surface area contributed by atoms with E-state index in [4.69, 9.17) is 15.6 Å². The molecular formula is C26H22F3N3O3S. The Hall–Kier alpha value is -3.76. The molecule has 0 aliphatic heterocycles. The van der Waals surface area contributed by atoms with Gasteiger partial charge in [0.25, 0.3) is 0 Å². The molecule has 0 aliphatic carbocycles. The van der Waals surface area contributed by atoms with E-state index in [1.807, 2.05) is 17.7 Å². The van der Waals surface area contributed by atoms with Gasteiger partial charge in [0.05, 0.1) is 18.1 Å². The lowest BCUT2D eigenvalue weighted by Gasteiger charge is -2.24. The van der Waals surface area contributed by atoms with Crippen molar-refractivity contribution in [1.82, 2.24) is 9.97 Å². The van der Waals surface area contributed by atoms with Crippen LogP contribution in [0.2, 0.25) is 0 Å². The zero-order valence-corrected chi connectivity index (χ0v) is 19.9. The van der Waals surface area contributed by atoms with Crippen LogP contribution >= 0.6 is 11.3 Å². The molecule has 186 valence electrons. The monoisotopic (exact) mass is 513 g/mol. The summed E-state index contributed by atoms with van der Waals surface area (Å²) >= 11 is 1.42. The molecular weight excluding hydrogens is 491 g/mol. The van der Waals surface area contributed by atoms with Crippen LogP contribution in [0.15, 0.2) is 71.7 Å². The molecule has 0 saturated carbocycles. The Morgan fingerprint density at radius 2 is 1.81 bits per heavy atom. The molecule has 0 saturated heterocycles. The molecule has 0 fully saturated rings. The van der Waals surface area contributed by atoms with Crippen LogP contribution in [0.4, 0.5) is 13.2 Å². The fourth-order valence-corrected chi connectivity index (χ4v) is 4.58. The fourth-order valence-electron chi connectivity index (χ4n) is 3.73. The highest BCUT2D eigenvalue weighted by Gasteiger charge is 2.44. The molecule has 0 bridgehead atoms. The third-order valence-electron chi connectivity index (χ3n) is 5.56. The molecule has 2 heterocycles. The van der Waals surface area contributed by atoms with Gasteiger partial charge in [0.1, 0.15) is 6.04 Å². The number of hydrogen-bond donors (Lipinski definition) is 2. The van der Waals surface area contributed by atoms with Crippen LogP contribution < -0.4 is 10.5 Å². The first kappa shape index (κ1) is 25.3. The Kier molecular flexibility index (Phi) is 7.37. The quantitative estimate of drug-likeness (QED) is 0.308. The highest BCUT2D eigenvalue weighted by molar-refractivity contribution is 7.08. The first-order chi connectivity index (χ1) is 17.1. The van der Waals surface area contributed by atoms with Crippen molar-refractivity contribution < 1.29 is 27.8 Å². The van der Waals surface area contributed by atoms with E-state index in [1.165, 1.54) is 23.6 Å². The zero-order chi connectivity index (χ0) is 25.9. The number of aromatic nitrogens is 2. The van der Waals surface area contributed by atoms with Crippen LogP contribution in [-0.2, 0) is 11.2 Å². The Balaban J connectivity index is 1.63. The van der Waals surface area contributed by atoms with E-state index >= 15 is 0 Å². The number of nitrogens with zero attached hydrogens (tertiary/aromatic N) is 2. The number of rotatable bonds is 8. The highest BCUT2D eigenvalue weighted by Crippen LogP contribution is 2.42. The van der Waals surface area contributed by atoms with Gasteiger partial charge in [-0.2, -0.15) is 24.5 Å². The summed E-state index contributed by atoms with van der Waals surface area (Å²) < 4.78 is 48.1. The van der Waals surface area contributed by atoms with E-state index in [0.29, 0.717) is 22.4 Å². The summed E-state index contributed by atoms with van der Waals surface area (Å²) in [6.07, 6.45) is -4.27. The minimum absolute atomic E-state index is 0.0159. The number of hydrogen-bond acceptors (Lipinski definition) is 6. The summed E-state index contributed by atoms with van der Waals surface area (Å²) in [5.74, 6) is -1.38. The Morgan fingerprint density at radius 1 is 1.08 bits per heavy atom. The predicted octanol–water partition coefficient (Wildman–Crippen LogP) is 5.82. The second-order valence-corrected chi connectivity index (χ2v) is 8.93. The van der Waals surface area contributed by atoms with Crippen LogP contribution in [0.3, 0.4) is 0 Å². The fraction of sp³-hybridized carbons (Fsp3) is 0.192. The van der Waals surface area contributed by atoms with Crippen molar-refractivity contribution >= 4 is 17.3 Å². The van der Waals surface area contributed by atoms with Crippen molar-refractivity contribution in [3.63, 3.8) is 0 Å². The first-order valence-corrected chi connectivity index (χ1v) is 11.8. The van der Waals surface area contributed by atoms with Crippen LogP contribution in [0.1, 0.15) is 22.8 Å². The van der Waals surface area contributed by atoms with Gasteiger partial charge in [-0.3, -0.25) is 9.78 Å². The maximum Gasteiger partial charge on any atom is 0.429 e. The maximum atomic E-state index is 14.2. The van der Waals surface area contributed by atoms with Gasteiger partial charge in [0.2, 0.25) is 12.0 Å². The molecule has 6 nitrogen and oxygen atoms in total. The second kappa shape index (κ2) is 10.5. The van der Waals surface area contributed by atoms with Crippen molar-refractivity contribution in [2.24, 2.45) is 5.73 Å². The molecule has 4 rings (SSSR count). The van der Waals surface area contributed by atoms with Gasteiger partial charge < -0.3 is 15.6 Å². The average molecular weight is 514 g/mol. The summed E-state index contributed by atoms with van der Waals surface area (Å²) in [4.78, 5) is 19.2. The van der Waals surface area contributed by atoms with Gasteiger partial charge in [-0.1, -0.05) is 48.5 Å². The van der Waals surface area contributed by atoms with Crippen molar-refractivity contribution in [1.29, 1.82) is 0 Å². The topological polar surface area (TPSA) is 98.3 Å². The number of nitrogens with two attached hydrogens (primary N) is 1. The van der Waals surface area contributed by atoms with Gasteiger partial charge in [-0.15, -0.1) is 0 Å². The highest BCUT2D eigenvalue weighted by atomic mass is 32.1. The molecule has 2 atom stereocenters. The number of carboxylic acid groups (broad SMARTS) is 1. The van der Waals surface area contributed by atoms with Gasteiger partial charge in [-0.25, -0.2) is 4.98 Å². The SMILES string of the molecule is Cc1cscc1-c1ccccc1C(Oc1cncc(-c2ccc(C[C@H](N)C(=O)O)cc2)n1)C(F)(F)F. The van der Waals surface area contributed by atoms with Crippen LogP contribution in [0.5, 0.6) is 5.88 Å². The van der Waals surface area contributed by atoms with Crippen molar-refractivity contribution in [3.8, 4) is 28.3 Å². The molecule has 3 N–H and O–H groups in total. The third kappa shape index (κ3) is 5.72. The lowest BCUT2D eigenvalue weighted by atomic mass is 9.95. The molecule has 0 aliphatic rings. The molecule has 36 heavy (non-hydrogen) atoms. The lowest BCUT2D eigenvalue weighted by Crippen LogP contribution is -2.32. The van der Waals surface area contributed by atoms with E-state index in [0.717, 1.165) is 17.3 Å². The molecule has 0 amide bonds. The van der Waals surface area contributed by atoms with Crippen LogP contribution in [0.25, 0.3) is 22.4 Å². The number of alkyl halides is 3. The number of aliphatic carboxylic acids is 1. The van der Waals surface area contributed by atoms with Crippen LogP contribution in [0, 0.1) is 6.92 Å². The maximum absolute atomic E-state index is 14.2. The van der Waals surface area contributed by atoms with E-state index < -0.39 is 24.3 Å². The molecule has 2 aromatic heterocycles. The minimum atomic E-state index is -4.71. The first-order valence-electron chi connectivity index (χ1n) is 10.9. The van der Waals surface area contributed by atoms with Gasteiger partial charge in [0, 0.05) is 11.1 Å². The lowest BCUT2D eigenvalue weighted by molar-refractivity contribution is -0.198. The number of benzene rings is 2. The van der Waals surface area contributed by atoms with Crippen molar-refractivity contribution in [3.05, 3.63) is 88.4 Å². The number of halogens is 3. The second-order valence-electron chi connectivity index (χ2n) is 8.18.